The zero-order chi connectivity index (χ0) is 18.1. The summed E-state index contributed by atoms with van der Waals surface area (Å²) in [7, 11) is 1.65. The quantitative estimate of drug-likeness (QED) is 0.575. The Balaban J connectivity index is 1.63. The van der Waals surface area contributed by atoms with Crippen LogP contribution in [-0.2, 0) is 0 Å². The fourth-order valence-electron chi connectivity index (χ4n) is 2.77. The van der Waals surface area contributed by atoms with Gasteiger partial charge in [-0.1, -0.05) is 29.5 Å². The standard InChI is InChI=1S/C20H17N3O2S/c1-13-18(19(24)21-15-6-4-3-5-7-15)26-20-22-17(12-23(13)20)14-8-10-16(25-2)11-9-14/h3-12H,1-2H3,(H,21,24). The Kier molecular flexibility index (Phi) is 4.18. The van der Waals surface area contributed by atoms with Gasteiger partial charge in [0.25, 0.3) is 5.91 Å². The Hall–Kier alpha value is -3.12. The number of hydrogen-bond acceptors (Lipinski definition) is 4. The van der Waals surface area contributed by atoms with E-state index in [1.807, 2.05) is 72.1 Å². The number of methoxy groups -OCH3 is 1. The molecule has 130 valence electrons. The van der Waals surface area contributed by atoms with Crippen molar-refractivity contribution in [3.8, 4) is 17.0 Å². The summed E-state index contributed by atoms with van der Waals surface area (Å²) >= 11 is 1.39. The van der Waals surface area contributed by atoms with E-state index < -0.39 is 0 Å². The molecule has 0 spiro atoms. The second kappa shape index (κ2) is 6.65. The van der Waals surface area contributed by atoms with Gasteiger partial charge < -0.3 is 10.1 Å². The fourth-order valence-corrected chi connectivity index (χ4v) is 3.78. The lowest BCUT2D eigenvalue weighted by Crippen LogP contribution is -2.11. The number of nitrogens with one attached hydrogen (secondary N) is 1. The molecule has 0 radical (unpaired) electrons. The second-order valence-corrected chi connectivity index (χ2v) is 6.82. The number of thiazole rings is 1. The van der Waals surface area contributed by atoms with Crippen LogP contribution in [0.4, 0.5) is 5.69 Å². The average molecular weight is 363 g/mol. The highest BCUT2D eigenvalue weighted by Gasteiger charge is 2.18. The normalized spacial score (nSPS) is 10.8. The molecule has 0 aliphatic carbocycles. The number of hydrogen-bond donors (Lipinski definition) is 1. The Bertz CT molecular complexity index is 1070. The average Bonchev–Trinajstić information content (AvgIpc) is 3.22. The smallest absolute Gasteiger partial charge is 0.267 e. The van der Waals surface area contributed by atoms with E-state index in [2.05, 4.69) is 10.3 Å². The van der Waals surface area contributed by atoms with Crippen LogP contribution in [0.15, 0.2) is 60.8 Å². The van der Waals surface area contributed by atoms with Crippen molar-refractivity contribution in [1.82, 2.24) is 9.38 Å². The predicted octanol–water partition coefficient (Wildman–Crippen LogP) is 4.63. The second-order valence-electron chi connectivity index (χ2n) is 5.84. The molecule has 1 amide bonds. The molecule has 0 fully saturated rings. The van der Waals surface area contributed by atoms with E-state index in [-0.39, 0.29) is 5.91 Å². The number of imidazole rings is 1. The van der Waals surface area contributed by atoms with Crippen molar-refractivity contribution in [2.24, 2.45) is 0 Å². The largest absolute Gasteiger partial charge is 0.497 e. The maximum Gasteiger partial charge on any atom is 0.267 e. The van der Waals surface area contributed by atoms with Gasteiger partial charge in [0, 0.05) is 23.1 Å². The van der Waals surface area contributed by atoms with Crippen LogP contribution in [0.5, 0.6) is 5.75 Å². The highest BCUT2D eigenvalue weighted by molar-refractivity contribution is 7.19. The van der Waals surface area contributed by atoms with Crippen LogP contribution >= 0.6 is 11.3 Å². The van der Waals surface area contributed by atoms with Gasteiger partial charge in [0.15, 0.2) is 4.96 Å². The molecule has 2 heterocycles. The first-order valence-electron chi connectivity index (χ1n) is 8.15. The Morgan fingerprint density at radius 2 is 1.85 bits per heavy atom. The Morgan fingerprint density at radius 1 is 1.12 bits per heavy atom. The molecule has 0 bridgehead atoms. The van der Waals surface area contributed by atoms with Gasteiger partial charge >= 0.3 is 0 Å². The van der Waals surface area contributed by atoms with Crippen LogP contribution in [0.1, 0.15) is 15.4 Å². The minimum absolute atomic E-state index is 0.116. The number of ether oxygens (including phenoxy) is 1. The Labute approximate surface area is 154 Å². The van der Waals surface area contributed by atoms with Crippen molar-refractivity contribution in [1.29, 1.82) is 0 Å². The SMILES string of the molecule is COc1ccc(-c2cn3c(C)c(C(=O)Nc4ccccc4)sc3n2)cc1. The predicted molar refractivity (Wildman–Crippen MR) is 104 cm³/mol. The summed E-state index contributed by atoms with van der Waals surface area (Å²) < 4.78 is 7.15. The minimum Gasteiger partial charge on any atom is -0.497 e. The molecule has 2 aromatic heterocycles. The highest BCUT2D eigenvalue weighted by atomic mass is 32.1. The number of aryl methyl sites for hydroxylation is 1. The fraction of sp³-hybridized carbons (Fsp3) is 0.100. The molecule has 0 unspecified atom stereocenters. The van der Waals surface area contributed by atoms with Gasteiger partial charge in [-0.3, -0.25) is 9.20 Å². The van der Waals surface area contributed by atoms with Crippen LogP contribution in [0.3, 0.4) is 0 Å². The molecule has 0 saturated heterocycles. The molecular formula is C20H17N3O2S. The van der Waals surface area contributed by atoms with E-state index in [4.69, 9.17) is 4.74 Å². The molecule has 5 nitrogen and oxygen atoms in total. The minimum atomic E-state index is -0.116. The lowest BCUT2D eigenvalue weighted by atomic mass is 10.2. The topological polar surface area (TPSA) is 55.6 Å². The lowest BCUT2D eigenvalue weighted by Gasteiger charge is -2.04. The third-order valence-corrected chi connectivity index (χ3v) is 5.34. The Morgan fingerprint density at radius 3 is 2.50 bits per heavy atom. The number of amides is 1. The van der Waals surface area contributed by atoms with Gasteiger partial charge in [0.05, 0.1) is 12.8 Å². The summed E-state index contributed by atoms with van der Waals surface area (Å²) in [4.78, 5) is 18.7. The van der Waals surface area contributed by atoms with E-state index in [1.54, 1.807) is 7.11 Å². The molecular weight excluding hydrogens is 346 g/mol. The first kappa shape index (κ1) is 16.4. The highest BCUT2D eigenvalue weighted by Crippen LogP contribution is 2.28. The maximum absolute atomic E-state index is 12.6. The number of anilines is 1. The van der Waals surface area contributed by atoms with Gasteiger partial charge in [-0.05, 0) is 43.3 Å². The summed E-state index contributed by atoms with van der Waals surface area (Å²) in [6.07, 6.45) is 1.96. The number of carbonyl (C=O) groups is 1. The molecule has 0 aliphatic rings. The summed E-state index contributed by atoms with van der Waals surface area (Å²) in [6, 6.07) is 17.2. The van der Waals surface area contributed by atoms with Crippen LogP contribution in [0, 0.1) is 6.92 Å². The molecule has 4 aromatic rings. The van der Waals surface area contributed by atoms with Crippen molar-refractivity contribution in [2.45, 2.75) is 6.92 Å². The molecule has 0 saturated carbocycles. The summed E-state index contributed by atoms with van der Waals surface area (Å²) in [5.41, 5.74) is 3.54. The van der Waals surface area contributed by atoms with E-state index in [1.165, 1.54) is 11.3 Å². The first-order chi connectivity index (χ1) is 12.7. The number of benzene rings is 2. The van der Waals surface area contributed by atoms with E-state index >= 15 is 0 Å². The molecule has 0 aliphatic heterocycles. The van der Waals surface area contributed by atoms with Crippen LogP contribution in [-0.4, -0.2) is 22.4 Å². The molecule has 4 rings (SSSR count). The zero-order valence-electron chi connectivity index (χ0n) is 14.4. The molecule has 2 aromatic carbocycles. The lowest BCUT2D eigenvalue weighted by molar-refractivity contribution is 0.102. The third-order valence-electron chi connectivity index (χ3n) is 4.18. The zero-order valence-corrected chi connectivity index (χ0v) is 15.2. The van der Waals surface area contributed by atoms with Crippen molar-refractivity contribution in [2.75, 3.05) is 12.4 Å². The maximum atomic E-state index is 12.6. The van der Waals surface area contributed by atoms with Gasteiger partial charge in [-0.2, -0.15) is 0 Å². The number of fused-ring (bicyclic) bond motifs is 1. The van der Waals surface area contributed by atoms with Crippen molar-refractivity contribution < 1.29 is 9.53 Å². The first-order valence-corrected chi connectivity index (χ1v) is 8.96. The monoisotopic (exact) mass is 363 g/mol. The van der Waals surface area contributed by atoms with E-state index in [0.717, 1.165) is 33.3 Å². The van der Waals surface area contributed by atoms with E-state index in [0.29, 0.717) is 4.88 Å². The molecule has 26 heavy (non-hydrogen) atoms. The van der Waals surface area contributed by atoms with Gasteiger partial charge in [0.1, 0.15) is 10.6 Å². The van der Waals surface area contributed by atoms with Crippen LogP contribution in [0.25, 0.3) is 16.2 Å². The van der Waals surface area contributed by atoms with Gasteiger partial charge in [-0.15, -0.1) is 0 Å². The number of aromatic nitrogens is 2. The third kappa shape index (κ3) is 2.95. The van der Waals surface area contributed by atoms with Crippen molar-refractivity contribution in [3.63, 3.8) is 0 Å². The number of nitrogens with zero attached hydrogens (tertiary/aromatic N) is 2. The summed E-state index contributed by atoms with van der Waals surface area (Å²) in [5.74, 6) is 0.695. The molecule has 6 heteroatoms. The summed E-state index contributed by atoms with van der Waals surface area (Å²) in [5, 5.41) is 2.93. The van der Waals surface area contributed by atoms with E-state index in [9.17, 15) is 4.79 Å². The number of rotatable bonds is 4. The molecule has 0 atom stereocenters. The van der Waals surface area contributed by atoms with Crippen LogP contribution < -0.4 is 10.1 Å². The van der Waals surface area contributed by atoms with Crippen molar-refractivity contribution >= 4 is 27.9 Å². The van der Waals surface area contributed by atoms with Gasteiger partial charge in [-0.25, -0.2) is 4.98 Å². The number of para-hydroxylation sites is 1. The van der Waals surface area contributed by atoms with Gasteiger partial charge in [0.2, 0.25) is 0 Å². The summed E-state index contributed by atoms with van der Waals surface area (Å²) in [6.45, 7) is 1.93. The van der Waals surface area contributed by atoms with Crippen LogP contribution in [0.2, 0.25) is 0 Å². The number of carbonyl (C=O) groups excluding carboxylic acids is 1. The van der Waals surface area contributed by atoms with Crippen molar-refractivity contribution in [3.05, 3.63) is 71.4 Å². The molecule has 1 N–H and O–H groups in total.